The van der Waals surface area contributed by atoms with E-state index in [-0.39, 0.29) is 18.1 Å². The quantitative estimate of drug-likeness (QED) is 0.538. The lowest BCUT2D eigenvalue weighted by molar-refractivity contribution is 0.0924. The van der Waals surface area contributed by atoms with Crippen LogP contribution in [0, 0.1) is 0 Å². The van der Waals surface area contributed by atoms with Crippen LogP contribution < -0.4 is 5.32 Å². The smallest absolute Gasteiger partial charge is 0.287 e. The number of sulfone groups is 1. The van der Waals surface area contributed by atoms with Crippen LogP contribution in [0.25, 0.3) is 16.6 Å². The number of para-hydroxylation sites is 1. The lowest BCUT2D eigenvalue weighted by atomic mass is 10.1. The van der Waals surface area contributed by atoms with Crippen molar-refractivity contribution in [3.8, 4) is 0 Å². The normalized spacial score (nSPS) is 11.9. The molecule has 9 heteroatoms. The second-order valence-electron chi connectivity index (χ2n) is 6.50. The first-order chi connectivity index (χ1) is 13.3. The van der Waals surface area contributed by atoms with Crippen LogP contribution in [0.3, 0.4) is 0 Å². The van der Waals surface area contributed by atoms with Crippen LogP contribution >= 0.6 is 11.6 Å². The number of carbonyl (C=O) groups is 1. The van der Waals surface area contributed by atoms with Crippen LogP contribution in [0.2, 0.25) is 5.02 Å². The first-order valence-corrected chi connectivity index (χ1v) is 10.8. The van der Waals surface area contributed by atoms with Gasteiger partial charge in [-0.25, -0.2) is 13.4 Å². The number of hydrogen-bond donors (Lipinski definition) is 1. The molecule has 4 rings (SSSR count). The van der Waals surface area contributed by atoms with Crippen LogP contribution in [0.15, 0.2) is 53.2 Å². The average molecular weight is 418 g/mol. The highest BCUT2D eigenvalue weighted by Gasteiger charge is 2.23. The number of hydrogen-bond acceptors (Lipinski definition) is 5. The van der Waals surface area contributed by atoms with Crippen molar-refractivity contribution in [2.24, 2.45) is 0 Å². The fourth-order valence-corrected chi connectivity index (χ4v) is 4.02. The highest BCUT2D eigenvalue weighted by atomic mass is 35.5. The van der Waals surface area contributed by atoms with Crippen molar-refractivity contribution in [1.82, 2.24) is 14.7 Å². The number of amides is 1. The number of nitrogens with one attached hydrogen (secondary N) is 1. The Bertz CT molecular complexity index is 1310. The molecule has 0 saturated heterocycles. The zero-order chi connectivity index (χ0) is 19.9. The van der Waals surface area contributed by atoms with Crippen molar-refractivity contribution in [1.29, 1.82) is 0 Å². The van der Waals surface area contributed by atoms with Crippen LogP contribution in [0.4, 0.5) is 0 Å². The van der Waals surface area contributed by atoms with E-state index in [1.54, 1.807) is 53.2 Å². The Morgan fingerprint density at radius 1 is 1.21 bits per heavy atom. The van der Waals surface area contributed by atoms with E-state index < -0.39 is 15.7 Å². The number of furan rings is 1. The fourth-order valence-electron chi connectivity index (χ4n) is 3.04. The van der Waals surface area contributed by atoms with Gasteiger partial charge in [0.1, 0.15) is 11.2 Å². The molecule has 4 aromatic rings. The molecule has 0 radical (unpaired) electrons. The van der Waals surface area contributed by atoms with Crippen LogP contribution in [0.1, 0.15) is 21.8 Å². The van der Waals surface area contributed by atoms with Gasteiger partial charge in [0.25, 0.3) is 5.91 Å². The number of imidazole rings is 1. The van der Waals surface area contributed by atoms with Gasteiger partial charge in [0.2, 0.25) is 0 Å². The van der Waals surface area contributed by atoms with E-state index in [0.29, 0.717) is 32.9 Å². The highest BCUT2D eigenvalue weighted by molar-refractivity contribution is 7.89. The van der Waals surface area contributed by atoms with Gasteiger partial charge >= 0.3 is 0 Å². The second-order valence-corrected chi connectivity index (χ2v) is 9.08. The Labute approximate surface area is 165 Å². The molecule has 0 aliphatic rings. The third-order valence-corrected chi connectivity index (χ3v) is 5.24. The summed E-state index contributed by atoms with van der Waals surface area (Å²) in [6.07, 6.45) is 4.61. The molecule has 0 bridgehead atoms. The zero-order valence-corrected chi connectivity index (χ0v) is 16.4. The summed E-state index contributed by atoms with van der Waals surface area (Å²) in [4.78, 5) is 17.1. The molecule has 3 aromatic heterocycles. The van der Waals surface area contributed by atoms with Gasteiger partial charge in [-0.05, 0) is 18.2 Å². The minimum absolute atomic E-state index is 0.00145. The summed E-state index contributed by atoms with van der Waals surface area (Å²) in [6, 6.07) is 10.5. The molecule has 0 atom stereocenters. The Hall–Kier alpha value is -2.84. The topological polar surface area (TPSA) is 93.7 Å². The van der Waals surface area contributed by atoms with E-state index in [9.17, 15) is 13.2 Å². The van der Waals surface area contributed by atoms with E-state index in [4.69, 9.17) is 16.0 Å². The molecule has 3 heterocycles. The van der Waals surface area contributed by atoms with Crippen molar-refractivity contribution in [3.63, 3.8) is 0 Å². The molecular weight excluding hydrogens is 402 g/mol. The van der Waals surface area contributed by atoms with Gasteiger partial charge in [-0.1, -0.05) is 29.8 Å². The minimum Gasteiger partial charge on any atom is -0.451 e. The van der Waals surface area contributed by atoms with Crippen molar-refractivity contribution < 1.29 is 17.6 Å². The molecule has 1 aromatic carbocycles. The number of carbonyl (C=O) groups excluding carboxylic acids is 1. The summed E-state index contributed by atoms with van der Waals surface area (Å²) in [5, 5.41) is 3.93. The average Bonchev–Trinajstić information content (AvgIpc) is 3.19. The molecule has 1 amide bonds. The van der Waals surface area contributed by atoms with Gasteiger partial charge in [-0.3, -0.25) is 4.79 Å². The highest BCUT2D eigenvalue weighted by Crippen LogP contribution is 2.27. The predicted molar refractivity (Wildman–Crippen MR) is 106 cm³/mol. The Morgan fingerprint density at radius 2 is 2.00 bits per heavy atom. The monoisotopic (exact) mass is 417 g/mol. The molecule has 0 spiro atoms. The lowest BCUT2D eigenvalue weighted by Gasteiger charge is -2.03. The molecule has 28 heavy (non-hydrogen) atoms. The molecule has 144 valence electrons. The van der Waals surface area contributed by atoms with Crippen LogP contribution in [-0.4, -0.2) is 30.0 Å². The summed E-state index contributed by atoms with van der Waals surface area (Å²) in [5.41, 5.74) is 2.16. The Balaban J connectivity index is 1.61. The lowest BCUT2D eigenvalue weighted by Crippen LogP contribution is -2.24. The number of rotatable bonds is 5. The molecule has 1 N–H and O–H groups in total. The van der Waals surface area contributed by atoms with Crippen molar-refractivity contribution in [2.75, 3.05) is 6.26 Å². The number of nitrogens with zero attached hydrogens (tertiary/aromatic N) is 2. The zero-order valence-electron chi connectivity index (χ0n) is 14.8. The Morgan fingerprint density at radius 3 is 2.79 bits per heavy atom. The fraction of sp³-hybridized carbons (Fsp3) is 0.158. The van der Waals surface area contributed by atoms with Crippen LogP contribution in [0.5, 0.6) is 0 Å². The van der Waals surface area contributed by atoms with Gasteiger partial charge in [0, 0.05) is 29.6 Å². The molecular formula is C19H16ClN3O4S. The number of benzene rings is 1. The predicted octanol–water partition coefficient (Wildman–Crippen LogP) is 3.21. The second kappa shape index (κ2) is 6.96. The summed E-state index contributed by atoms with van der Waals surface area (Å²) >= 11 is 5.96. The Kier molecular flexibility index (Phi) is 4.60. The maximum absolute atomic E-state index is 12.7. The van der Waals surface area contributed by atoms with Crippen LogP contribution in [-0.2, 0) is 22.1 Å². The number of aromatic nitrogens is 2. The third kappa shape index (κ3) is 3.74. The van der Waals surface area contributed by atoms with E-state index in [1.807, 2.05) is 0 Å². The largest absolute Gasteiger partial charge is 0.451 e. The molecule has 7 nitrogen and oxygen atoms in total. The van der Waals surface area contributed by atoms with E-state index in [0.717, 1.165) is 6.26 Å². The third-order valence-electron chi connectivity index (χ3n) is 4.21. The van der Waals surface area contributed by atoms with Crippen molar-refractivity contribution in [2.45, 2.75) is 12.3 Å². The van der Waals surface area contributed by atoms with E-state index in [1.165, 1.54) is 0 Å². The summed E-state index contributed by atoms with van der Waals surface area (Å²) in [5.74, 6) is -0.775. The van der Waals surface area contributed by atoms with Crippen molar-refractivity contribution in [3.05, 3.63) is 70.8 Å². The molecule has 0 aliphatic carbocycles. The van der Waals surface area contributed by atoms with Gasteiger partial charge < -0.3 is 14.1 Å². The summed E-state index contributed by atoms with van der Waals surface area (Å²) in [7, 11) is -3.35. The summed E-state index contributed by atoms with van der Waals surface area (Å²) < 4.78 is 31.1. The number of halogens is 1. The maximum atomic E-state index is 12.7. The molecule has 0 unspecified atom stereocenters. The summed E-state index contributed by atoms with van der Waals surface area (Å²) in [6.45, 7) is 0.160. The molecule has 0 saturated carbocycles. The van der Waals surface area contributed by atoms with Gasteiger partial charge in [-0.15, -0.1) is 0 Å². The standard InChI is InChI=1S/C19H16ClN3O4S/c1-28(25,26)11-15-14-4-2-3-5-16(14)27-18(15)19(24)21-8-13-10-23-9-12(20)6-7-17(23)22-13/h2-7,9-10H,8,11H2,1H3,(H,21,24). The maximum Gasteiger partial charge on any atom is 0.287 e. The minimum atomic E-state index is -3.35. The first kappa shape index (κ1) is 18.5. The van der Waals surface area contributed by atoms with E-state index >= 15 is 0 Å². The number of fused-ring (bicyclic) bond motifs is 2. The molecule has 0 fully saturated rings. The van der Waals surface area contributed by atoms with Crippen molar-refractivity contribution >= 4 is 44.0 Å². The SMILES string of the molecule is CS(=O)(=O)Cc1c(C(=O)NCc2cn3cc(Cl)ccc3n2)oc2ccccc12. The van der Waals surface area contributed by atoms with Gasteiger partial charge in [0.15, 0.2) is 15.6 Å². The number of pyridine rings is 1. The van der Waals surface area contributed by atoms with Gasteiger partial charge in [0.05, 0.1) is 23.0 Å². The van der Waals surface area contributed by atoms with E-state index in [2.05, 4.69) is 10.3 Å². The molecule has 0 aliphatic heterocycles. The van der Waals surface area contributed by atoms with Gasteiger partial charge in [-0.2, -0.15) is 0 Å². The first-order valence-electron chi connectivity index (χ1n) is 8.39.